The summed E-state index contributed by atoms with van der Waals surface area (Å²) in [7, 11) is 0. The number of hydrogen-bond donors (Lipinski definition) is 1. The van der Waals surface area contributed by atoms with Crippen LogP contribution in [0.1, 0.15) is 60.8 Å². The Morgan fingerprint density at radius 1 is 0.909 bits per heavy atom. The Labute approximate surface area is 197 Å². The lowest BCUT2D eigenvalue weighted by molar-refractivity contribution is -0.117. The molecule has 1 aliphatic rings. The molecule has 0 unspecified atom stereocenters. The number of amides is 1. The maximum atomic E-state index is 13.1. The Bertz CT molecular complexity index is 1060. The molecule has 0 heterocycles. The second-order valence-electron chi connectivity index (χ2n) is 8.90. The van der Waals surface area contributed by atoms with E-state index in [-0.39, 0.29) is 11.9 Å². The lowest BCUT2D eigenvalue weighted by atomic mass is 9.95. The predicted molar refractivity (Wildman–Crippen MR) is 135 cm³/mol. The van der Waals surface area contributed by atoms with Crippen LogP contribution >= 0.6 is 0 Å². The van der Waals surface area contributed by atoms with Crippen LogP contribution in [0, 0.1) is 6.92 Å². The van der Waals surface area contributed by atoms with E-state index in [2.05, 4.69) is 36.5 Å². The van der Waals surface area contributed by atoms with Crippen LogP contribution < -0.4 is 10.1 Å². The number of ether oxygens (including phenoxy) is 1. The van der Waals surface area contributed by atoms with Gasteiger partial charge in [0.1, 0.15) is 12.4 Å². The molecule has 0 bridgehead atoms. The number of rotatable bonds is 7. The standard InChI is InChI=1S/C30H33NO2/c1-23-18-19-29(33-22-24-12-6-4-7-13-24)28(20-23)27(25-14-8-5-9-15-25)21-30(32)31-26-16-10-2-3-11-17-26/h4-9,12-15,18-21,26H,2-3,10-11,16-17,22H2,1H3,(H,31,32). The van der Waals surface area contributed by atoms with E-state index in [9.17, 15) is 4.79 Å². The van der Waals surface area contributed by atoms with Gasteiger partial charge in [0.05, 0.1) is 0 Å². The Balaban J connectivity index is 1.65. The third kappa shape index (κ3) is 6.58. The minimum absolute atomic E-state index is 0.0312. The normalized spacial score (nSPS) is 15.0. The first-order chi connectivity index (χ1) is 16.2. The molecule has 1 N–H and O–H groups in total. The second kappa shape index (κ2) is 11.5. The van der Waals surface area contributed by atoms with Gasteiger partial charge in [-0.05, 0) is 48.6 Å². The monoisotopic (exact) mass is 439 g/mol. The summed E-state index contributed by atoms with van der Waals surface area (Å²) in [5, 5.41) is 3.26. The van der Waals surface area contributed by atoms with Crippen molar-refractivity contribution >= 4 is 11.5 Å². The first-order valence-corrected chi connectivity index (χ1v) is 12.0. The van der Waals surface area contributed by atoms with Gasteiger partial charge in [-0.25, -0.2) is 0 Å². The minimum Gasteiger partial charge on any atom is -0.488 e. The lowest BCUT2D eigenvalue weighted by Crippen LogP contribution is -2.33. The molecule has 170 valence electrons. The number of hydrogen-bond acceptors (Lipinski definition) is 2. The maximum Gasteiger partial charge on any atom is 0.244 e. The number of carbonyl (C=O) groups excluding carboxylic acids is 1. The van der Waals surface area contributed by atoms with Crippen molar-refractivity contribution in [2.45, 2.75) is 58.1 Å². The van der Waals surface area contributed by atoms with Crippen LogP contribution in [0.25, 0.3) is 5.57 Å². The summed E-state index contributed by atoms with van der Waals surface area (Å²) in [5.74, 6) is 0.748. The minimum atomic E-state index is -0.0312. The van der Waals surface area contributed by atoms with Gasteiger partial charge in [0.2, 0.25) is 5.91 Å². The quantitative estimate of drug-likeness (QED) is 0.323. The number of nitrogens with one attached hydrogen (secondary N) is 1. The predicted octanol–water partition coefficient (Wildman–Crippen LogP) is 6.84. The summed E-state index contributed by atoms with van der Waals surface area (Å²) in [6.07, 6.45) is 8.80. The molecule has 1 amide bonds. The van der Waals surface area contributed by atoms with Gasteiger partial charge in [-0.1, -0.05) is 98.0 Å². The molecule has 0 radical (unpaired) electrons. The van der Waals surface area contributed by atoms with Crippen LogP contribution in [0.2, 0.25) is 0 Å². The molecule has 3 aromatic rings. The highest BCUT2D eigenvalue weighted by Gasteiger charge is 2.17. The molecule has 3 aromatic carbocycles. The van der Waals surface area contributed by atoms with Crippen LogP contribution in [-0.2, 0) is 11.4 Å². The SMILES string of the molecule is Cc1ccc(OCc2ccccc2)c(C(=CC(=O)NC2CCCCCC2)c2ccccc2)c1. The highest BCUT2D eigenvalue weighted by Crippen LogP contribution is 2.33. The van der Waals surface area contributed by atoms with Crippen LogP contribution in [0.5, 0.6) is 5.75 Å². The molecule has 4 rings (SSSR count). The first-order valence-electron chi connectivity index (χ1n) is 12.0. The van der Waals surface area contributed by atoms with E-state index in [1.165, 1.54) is 25.7 Å². The molecule has 0 saturated heterocycles. The molecule has 0 atom stereocenters. The second-order valence-corrected chi connectivity index (χ2v) is 8.90. The molecule has 1 saturated carbocycles. The van der Waals surface area contributed by atoms with Gasteiger partial charge in [0.25, 0.3) is 0 Å². The van der Waals surface area contributed by atoms with Crippen molar-refractivity contribution in [1.82, 2.24) is 5.32 Å². The molecule has 3 nitrogen and oxygen atoms in total. The Kier molecular flexibility index (Phi) is 7.97. The third-order valence-corrected chi connectivity index (χ3v) is 6.22. The topological polar surface area (TPSA) is 38.3 Å². The zero-order chi connectivity index (χ0) is 22.9. The van der Waals surface area contributed by atoms with Gasteiger partial charge in [-0.3, -0.25) is 4.79 Å². The molecule has 33 heavy (non-hydrogen) atoms. The average Bonchev–Trinajstić information content (AvgIpc) is 3.11. The summed E-state index contributed by atoms with van der Waals surface area (Å²) >= 11 is 0. The Hall–Kier alpha value is -3.33. The fourth-order valence-electron chi connectivity index (χ4n) is 4.45. The van der Waals surface area contributed by atoms with E-state index < -0.39 is 0 Å². The van der Waals surface area contributed by atoms with Crippen molar-refractivity contribution in [1.29, 1.82) is 0 Å². The highest BCUT2D eigenvalue weighted by atomic mass is 16.5. The molecule has 0 aromatic heterocycles. The fourth-order valence-corrected chi connectivity index (χ4v) is 4.45. The zero-order valence-corrected chi connectivity index (χ0v) is 19.4. The van der Waals surface area contributed by atoms with E-state index in [4.69, 9.17) is 4.74 Å². The van der Waals surface area contributed by atoms with Crippen molar-refractivity contribution < 1.29 is 9.53 Å². The van der Waals surface area contributed by atoms with Crippen molar-refractivity contribution in [2.75, 3.05) is 0 Å². The van der Waals surface area contributed by atoms with E-state index in [1.54, 1.807) is 6.08 Å². The van der Waals surface area contributed by atoms with Crippen LogP contribution in [-0.4, -0.2) is 11.9 Å². The molecule has 3 heteroatoms. The number of aryl methyl sites for hydroxylation is 1. The van der Waals surface area contributed by atoms with E-state index in [1.807, 2.05) is 54.6 Å². The number of benzene rings is 3. The smallest absolute Gasteiger partial charge is 0.244 e. The van der Waals surface area contributed by atoms with Gasteiger partial charge in [0, 0.05) is 17.7 Å². The summed E-state index contributed by atoms with van der Waals surface area (Å²) in [5.41, 5.74) is 5.06. The van der Waals surface area contributed by atoms with Gasteiger partial charge in [-0.15, -0.1) is 0 Å². The van der Waals surface area contributed by atoms with Crippen LogP contribution in [0.15, 0.2) is 84.9 Å². The van der Waals surface area contributed by atoms with Crippen LogP contribution in [0.4, 0.5) is 0 Å². The lowest BCUT2D eigenvalue weighted by Gasteiger charge is -2.18. The number of carbonyl (C=O) groups is 1. The average molecular weight is 440 g/mol. The fraction of sp³-hybridized carbons (Fsp3) is 0.300. The van der Waals surface area contributed by atoms with Gasteiger partial charge < -0.3 is 10.1 Å². The molecule has 0 aliphatic heterocycles. The van der Waals surface area contributed by atoms with Gasteiger partial charge in [-0.2, -0.15) is 0 Å². The first kappa shape index (κ1) is 22.8. The molecule has 0 spiro atoms. The van der Waals surface area contributed by atoms with Gasteiger partial charge in [0.15, 0.2) is 0 Å². The summed E-state index contributed by atoms with van der Waals surface area (Å²) in [6.45, 7) is 2.55. The van der Waals surface area contributed by atoms with E-state index >= 15 is 0 Å². The van der Waals surface area contributed by atoms with Gasteiger partial charge >= 0.3 is 0 Å². The Morgan fingerprint density at radius 2 is 1.58 bits per heavy atom. The largest absolute Gasteiger partial charge is 0.488 e. The van der Waals surface area contributed by atoms with Crippen molar-refractivity contribution in [2.24, 2.45) is 0 Å². The Morgan fingerprint density at radius 3 is 2.27 bits per heavy atom. The van der Waals surface area contributed by atoms with Crippen molar-refractivity contribution in [3.05, 3.63) is 107 Å². The molecule has 1 aliphatic carbocycles. The third-order valence-electron chi connectivity index (χ3n) is 6.22. The summed E-state index contributed by atoms with van der Waals surface area (Å²) in [6, 6.07) is 26.7. The zero-order valence-electron chi connectivity index (χ0n) is 19.4. The van der Waals surface area contributed by atoms with Crippen molar-refractivity contribution in [3.8, 4) is 5.75 Å². The highest BCUT2D eigenvalue weighted by molar-refractivity contribution is 6.00. The molecular formula is C30H33NO2. The molecule has 1 fully saturated rings. The van der Waals surface area contributed by atoms with Crippen molar-refractivity contribution in [3.63, 3.8) is 0 Å². The molecular weight excluding hydrogens is 406 g/mol. The summed E-state index contributed by atoms with van der Waals surface area (Å²) in [4.78, 5) is 13.1. The maximum absolute atomic E-state index is 13.1. The van der Waals surface area contributed by atoms with Crippen LogP contribution in [0.3, 0.4) is 0 Å². The van der Waals surface area contributed by atoms with E-state index in [0.29, 0.717) is 6.61 Å². The van der Waals surface area contributed by atoms with E-state index in [0.717, 1.165) is 46.4 Å². The summed E-state index contributed by atoms with van der Waals surface area (Å²) < 4.78 is 6.26.